The quantitative estimate of drug-likeness (QED) is 0.790. The van der Waals surface area contributed by atoms with E-state index in [1.54, 1.807) is 0 Å². The van der Waals surface area contributed by atoms with Gasteiger partial charge in [-0.05, 0) is 87.5 Å². The van der Waals surface area contributed by atoms with Crippen molar-refractivity contribution in [3.05, 3.63) is 0 Å². The molecular weight excluding hydrogens is 362 g/mol. The van der Waals surface area contributed by atoms with Gasteiger partial charge < -0.3 is 20.9 Å². The number of piperidine rings is 2. The normalized spacial score (nSPS) is 25.7. The summed E-state index contributed by atoms with van der Waals surface area (Å²) in [7, 11) is 1.87. The van der Waals surface area contributed by atoms with E-state index in [9.17, 15) is 0 Å². The van der Waals surface area contributed by atoms with E-state index in [1.807, 2.05) is 7.05 Å². The Hall–Kier alpha value is -1.63. The lowest BCUT2D eigenvalue weighted by Crippen LogP contribution is -2.64. The van der Waals surface area contributed by atoms with Crippen LogP contribution in [0.1, 0.15) is 87.5 Å². The highest BCUT2D eigenvalue weighted by Gasteiger charge is 2.47. The van der Waals surface area contributed by atoms with E-state index in [2.05, 4.69) is 70.5 Å². The molecule has 3 N–H and O–H groups in total. The lowest BCUT2D eigenvalue weighted by Gasteiger charge is -2.55. The van der Waals surface area contributed by atoms with Crippen molar-refractivity contribution in [1.29, 1.82) is 0 Å². The fourth-order valence-electron chi connectivity index (χ4n) is 6.10. The molecule has 2 aliphatic rings. The number of nitrogens with zero attached hydrogens (tertiary/aromatic N) is 5. The van der Waals surface area contributed by atoms with E-state index in [0.29, 0.717) is 5.95 Å². The number of nitrogens with one attached hydrogen (secondary N) is 1. The van der Waals surface area contributed by atoms with E-state index >= 15 is 0 Å². The van der Waals surface area contributed by atoms with Crippen molar-refractivity contribution in [3.63, 3.8) is 0 Å². The Kier molecular flexibility index (Phi) is 5.30. The summed E-state index contributed by atoms with van der Waals surface area (Å²) in [5, 5.41) is 3.16. The molecule has 2 aliphatic heterocycles. The van der Waals surface area contributed by atoms with Crippen LogP contribution in [0.4, 0.5) is 17.8 Å². The number of rotatable bonds is 3. The second kappa shape index (κ2) is 6.96. The number of hydrogen-bond donors (Lipinski definition) is 2. The molecule has 0 bridgehead atoms. The Bertz CT molecular complexity index is 720. The van der Waals surface area contributed by atoms with Crippen molar-refractivity contribution < 1.29 is 0 Å². The van der Waals surface area contributed by atoms with Gasteiger partial charge in [-0.2, -0.15) is 15.0 Å². The number of nitrogens with two attached hydrogens (primary N) is 1. The lowest BCUT2D eigenvalue weighted by atomic mass is 9.77. The van der Waals surface area contributed by atoms with Crippen LogP contribution in [0.25, 0.3) is 0 Å². The predicted molar refractivity (Wildman–Crippen MR) is 122 cm³/mol. The average molecular weight is 404 g/mol. The minimum absolute atomic E-state index is 0.0132. The molecule has 0 radical (unpaired) electrons. The third kappa shape index (κ3) is 4.03. The molecule has 0 saturated carbocycles. The smallest absolute Gasteiger partial charge is 0.232 e. The second-order valence-electron chi connectivity index (χ2n) is 11.5. The van der Waals surface area contributed by atoms with E-state index < -0.39 is 0 Å². The van der Waals surface area contributed by atoms with Crippen molar-refractivity contribution in [1.82, 2.24) is 15.0 Å². The molecule has 3 rings (SSSR count). The van der Waals surface area contributed by atoms with Gasteiger partial charge in [-0.3, -0.25) is 0 Å². The fraction of sp³-hybridized carbons (Fsp3) is 0.864. The Morgan fingerprint density at radius 3 is 1.59 bits per heavy atom. The van der Waals surface area contributed by atoms with Gasteiger partial charge in [0.05, 0.1) is 0 Å². The number of hydrogen-bond acceptors (Lipinski definition) is 7. The highest BCUT2D eigenvalue weighted by atomic mass is 15.4. The highest BCUT2D eigenvalue weighted by Crippen LogP contribution is 2.43. The number of aromatic nitrogens is 3. The molecule has 7 heteroatoms. The van der Waals surface area contributed by atoms with Crippen LogP contribution in [0.2, 0.25) is 0 Å². The monoisotopic (exact) mass is 403 g/mol. The summed E-state index contributed by atoms with van der Waals surface area (Å²) >= 11 is 0. The van der Waals surface area contributed by atoms with Gasteiger partial charge in [0.2, 0.25) is 17.8 Å². The van der Waals surface area contributed by atoms with Crippen LogP contribution < -0.4 is 20.9 Å². The molecule has 0 amide bonds. The standard InChI is InChI=1S/C22H41N7/c1-19(2)11-10-12-20(3,4)28(19)17-25-16(24-9)26-18(27-17)29-21(5,6)13-15(23)14-22(29,7)8/h15H,10-14,23H2,1-9H3,(H,24,25,26,27). The molecule has 0 spiro atoms. The SMILES string of the molecule is CNc1nc(N2C(C)(C)CCCC2(C)C)nc(N2C(C)(C)CC(N)CC2(C)C)n1. The Labute approximate surface area is 176 Å². The second-order valence-corrected chi connectivity index (χ2v) is 11.5. The summed E-state index contributed by atoms with van der Waals surface area (Å²) < 4.78 is 0. The summed E-state index contributed by atoms with van der Waals surface area (Å²) in [5.74, 6) is 2.11. The summed E-state index contributed by atoms with van der Waals surface area (Å²) in [4.78, 5) is 19.5. The minimum Gasteiger partial charge on any atom is -0.357 e. The molecule has 0 aliphatic carbocycles. The maximum Gasteiger partial charge on any atom is 0.232 e. The van der Waals surface area contributed by atoms with Crippen LogP contribution >= 0.6 is 0 Å². The first kappa shape index (κ1) is 22.1. The fourth-order valence-corrected chi connectivity index (χ4v) is 6.10. The zero-order valence-electron chi connectivity index (χ0n) is 19.9. The maximum atomic E-state index is 6.40. The topological polar surface area (TPSA) is 83.2 Å². The van der Waals surface area contributed by atoms with Crippen LogP contribution in [0.5, 0.6) is 0 Å². The van der Waals surface area contributed by atoms with Crippen molar-refractivity contribution in [2.45, 2.75) is 116 Å². The summed E-state index contributed by atoms with van der Waals surface area (Å²) in [6, 6.07) is 0.182. The van der Waals surface area contributed by atoms with Gasteiger partial charge in [0.25, 0.3) is 0 Å². The van der Waals surface area contributed by atoms with Crippen LogP contribution in [0.3, 0.4) is 0 Å². The van der Waals surface area contributed by atoms with Crippen LogP contribution in [0, 0.1) is 0 Å². The summed E-state index contributed by atoms with van der Waals surface area (Å²) in [6.07, 6.45) is 5.29. The zero-order chi connectivity index (χ0) is 21.8. The Balaban J connectivity index is 2.15. The predicted octanol–water partition coefficient (Wildman–Crippen LogP) is 3.95. The minimum atomic E-state index is -0.141. The molecule has 2 saturated heterocycles. The molecule has 164 valence electrons. The van der Waals surface area contributed by atoms with Crippen molar-refractivity contribution >= 4 is 17.8 Å². The Morgan fingerprint density at radius 1 is 0.759 bits per heavy atom. The first-order chi connectivity index (χ1) is 13.2. The summed E-state index contributed by atoms with van der Waals surface area (Å²) in [5.41, 5.74) is 6.09. The van der Waals surface area contributed by atoms with Crippen molar-refractivity contribution in [2.24, 2.45) is 5.73 Å². The molecule has 0 unspecified atom stereocenters. The van der Waals surface area contributed by atoms with E-state index in [4.69, 9.17) is 20.7 Å². The van der Waals surface area contributed by atoms with Crippen molar-refractivity contribution in [2.75, 3.05) is 22.2 Å². The molecule has 0 atom stereocenters. The largest absolute Gasteiger partial charge is 0.357 e. The van der Waals surface area contributed by atoms with Gasteiger partial charge in [-0.1, -0.05) is 0 Å². The van der Waals surface area contributed by atoms with Crippen LogP contribution in [0.15, 0.2) is 0 Å². The molecule has 1 aromatic heterocycles. The molecule has 0 aromatic carbocycles. The molecule has 29 heavy (non-hydrogen) atoms. The van der Waals surface area contributed by atoms with Gasteiger partial charge in [0.15, 0.2) is 0 Å². The first-order valence-corrected chi connectivity index (χ1v) is 11.0. The Morgan fingerprint density at radius 2 is 1.17 bits per heavy atom. The van der Waals surface area contributed by atoms with E-state index in [-0.39, 0.29) is 28.2 Å². The highest BCUT2D eigenvalue weighted by molar-refractivity contribution is 5.51. The maximum absolute atomic E-state index is 6.40. The molecule has 3 heterocycles. The zero-order valence-corrected chi connectivity index (χ0v) is 19.9. The molecule has 7 nitrogen and oxygen atoms in total. The number of anilines is 3. The lowest BCUT2D eigenvalue weighted by molar-refractivity contribution is 0.215. The van der Waals surface area contributed by atoms with Crippen molar-refractivity contribution in [3.8, 4) is 0 Å². The molecule has 2 fully saturated rings. The third-order valence-electron chi connectivity index (χ3n) is 6.76. The van der Waals surface area contributed by atoms with Gasteiger partial charge >= 0.3 is 0 Å². The third-order valence-corrected chi connectivity index (χ3v) is 6.76. The van der Waals surface area contributed by atoms with Crippen LogP contribution in [-0.4, -0.2) is 50.2 Å². The van der Waals surface area contributed by atoms with Gasteiger partial charge in [0, 0.05) is 35.2 Å². The first-order valence-electron chi connectivity index (χ1n) is 11.0. The van der Waals surface area contributed by atoms with Crippen LogP contribution in [-0.2, 0) is 0 Å². The summed E-state index contributed by atoms with van der Waals surface area (Å²) in [6.45, 7) is 18.1. The van der Waals surface area contributed by atoms with E-state index in [0.717, 1.165) is 37.6 Å². The van der Waals surface area contributed by atoms with E-state index in [1.165, 1.54) is 6.42 Å². The average Bonchev–Trinajstić information content (AvgIpc) is 2.49. The van der Waals surface area contributed by atoms with Gasteiger partial charge in [-0.25, -0.2) is 0 Å². The molecule has 1 aromatic rings. The van der Waals surface area contributed by atoms with Gasteiger partial charge in [0.1, 0.15) is 0 Å². The van der Waals surface area contributed by atoms with Gasteiger partial charge in [-0.15, -0.1) is 0 Å². The molecular formula is C22H41N7.